The molecule has 0 saturated carbocycles. The first-order chi connectivity index (χ1) is 10.2. The Bertz CT molecular complexity index is 725. The summed E-state index contributed by atoms with van der Waals surface area (Å²) in [5.41, 5.74) is 2.11. The molecule has 0 bridgehead atoms. The van der Waals surface area contributed by atoms with Crippen molar-refractivity contribution >= 4 is 28.5 Å². The number of halogens is 1. The Hall–Kier alpha value is -2.06. The highest BCUT2D eigenvalue weighted by Gasteiger charge is 2.20. The van der Waals surface area contributed by atoms with E-state index in [2.05, 4.69) is 11.1 Å². The van der Waals surface area contributed by atoms with Crippen molar-refractivity contribution in [1.29, 1.82) is 5.26 Å². The predicted octanol–water partition coefficient (Wildman–Crippen LogP) is 2.27. The number of carbonyl (C=O) groups excluding carboxylic acids is 1. The summed E-state index contributed by atoms with van der Waals surface area (Å²) >= 11 is 5.95. The Morgan fingerprint density at radius 3 is 2.81 bits per heavy atom. The predicted molar refractivity (Wildman–Crippen MR) is 79.8 cm³/mol. The van der Waals surface area contributed by atoms with Gasteiger partial charge >= 0.3 is 0 Å². The van der Waals surface area contributed by atoms with E-state index in [0.717, 1.165) is 37.0 Å². The number of hydrogen-bond donors (Lipinski definition) is 0. The van der Waals surface area contributed by atoms with Gasteiger partial charge in [0.15, 0.2) is 0 Å². The highest BCUT2D eigenvalue weighted by atomic mass is 35.5. The fourth-order valence-corrected chi connectivity index (χ4v) is 2.93. The van der Waals surface area contributed by atoms with Crippen LogP contribution in [0.15, 0.2) is 18.2 Å². The lowest BCUT2D eigenvalue weighted by molar-refractivity contribution is -0.130. The van der Waals surface area contributed by atoms with Crippen molar-refractivity contribution in [2.75, 3.05) is 13.1 Å². The molecule has 0 unspecified atom stereocenters. The Labute approximate surface area is 127 Å². The summed E-state index contributed by atoms with van der Waals surface area (Å²) in [6.45, 7) is 1.88. The second kappa shape index (κ2) is 5.74. The van der Waals surface area contributed by atoms with Crippen molar-refractivity contribution in [3.05, 3.63) is 29.6 Å². The van der Waals surface area contributed by atoms with Crippen LogP contribution in [0.5, 0.6) is 0 Å². The van der Waals surface area contributed by atoms with Crippen molar-refractivity contribution in [2.45, 2.75) is 25.3 Å². The molecule has 21 heavy (non-hydrogen) atoms. The van der Waals surface area contributed by atoms with E-state index in [1.54, 1.807) is 18.2 Å². The van der Waals surface area contributed by atoms with Gasteiger partial charge in [-0.3, -0.25) is 4.79 Å². The number of alkyl halides is 1. The molecule has 2 aromatic rings. The van der Waals surface area contributed by atoms with Crippen LogP contribution in [-0.4, -0.2) is 33.4 Å². The molecule has 0 aliphatic carbocycles. The molecule has 3 rings (SSSR count). The second-order valence-electron chi connectivity index (χ2n) is 5.15. The van der Waals surface area contributed by atoms with Crippen LogP contribution in [0.25, 0.3) is 11.0 Å². The number of imidazole rings is 1. The lowest BCUT2D eigenvalue weighted by atomic mass is 10.2. The van der Waals surface area contributed by atoms with E-state index in [9.17, 15) is 4.79 Å². The van der Waals surface area contributed by atoms with E-state index in [4.69, 9.17) is 16.9 Å². The van der Waals surface area contributed by atoms with Crippen LogP contribution in [0.1, 0.15) is 24.2 Å². The van der Waals surface area contributed by atoms with E-state index in [0.29, 0.717) is 11.4 Å². The van der Waals surface area contributed by atoms with Crippen molar-refractivity contribution in [1.82, 2.24) is 14.5 Å². The topological polar surface area (TPSA) is 61.9 Å². The van der Waals surface area contributed by atoms with Gasteiger partial charge in [0.25, 0.3) is 0 Å². The molecule has 1 saturated heterocycles. The minimum Gasteiger partial charge on any atom is -0.341 e. The standard InChI is InChI=1S/C15H15ClN4O/c16-8-14-18-12-4-3-11(9-17)7-13(12)20(14)10-15(21)19-5-1-2-6-19/h3-4,7H,1-2,5-6,8,10H2. The molecule has 6 heteroatoms. The third kappa shape index (κ3) is 2.59. The molecule has 0 atom stereocenters. The number of fused-ring (bicyclic) bond motifs is 1. The molecule has 1 aliphatic heterocycles. The van der Waals surface area contributed by atoms with E-state index in [-0.39, 0.29) is 18.3 Å². The first-order valence-electron chi connectivity index (χ1n) is 6.96. The number of rotatable bonds is 3. The Kier molecular flexibility index (Phi) is 3.80. The number of hydrogen-bond acceptors (Lipinski definition) is 3. The number of carbonyl (C=O) groups is 1. The van der Waals surface area contributed by atoms with E-state index in [1.807, 2.05) is 9.47 Å². The van der Waals surface area contributed by atoms with Crippen LogP contribution in [0.4, 0.5) is 0 Å². The maximum atomic E-state index is 12.3. The van der Waals surface area contributed by atoms with Crippen molar-refractivity contribution in [2.24, 2.45) is 0 Å². The molecule has 0 N–H and O–H groups in total. The number of aromatic nitrogens is 2. The summed E-state index contributed by atoms with van der Waals surface area (Å²) < 4.78 is 1.82. The fraction of sp³-hybridized carbons (Fsp3) is 0.400. The minimum absolute atomic E-state index is 0.0838. The summed E-state index contributed by atoms with van der Waals surface area (Å²) in [4.78, 5) is 18.7. The molecular weight excluding hydrogens is 288 g/mol. The van der Waals surface area contributed by atoms with Crippen LogP contribution >= 0.6 is 11.6 Å². The highest BCUT2D eigenvalue weighted by molar-refractivity contribution is 6.16. The SMILES string of the molecule is N#Cc1ccc2nc(CCl)n(CC(=O)N3CCCC3)c2c1. The van der Waals surface area contributed by atoms with Crippen molar-refractivity contribution in [3.8, 4) is 6.07 Å². The molecule has 2 heterocycles. The molecule has 1 fully saturated rings. The zero-order valence-electron chi connectivity index (χ0n) is 11.5. The molecule has 0 radical (unpaired) electrons. The van der Waals surface area contributed by atoms with Gasteiger partial charge in [-0.25, -0.2) is 4.98 Å². The molecule has 1 aromatic heterocycles. The second-order valence-corrected chi connectivity index (χ2v) is 5.42. The summed E-state index contributed by atoms with van der Waals surface area (Å²) in [6.07, 6.45) is 2.13. The van der Waals surface area contributed by atoms with Crippen LogP contribution in [0.3, 0.4) is 0 Å². The quantitative estimate of drug-likeness (QED) is 0.817. The average molecular weight is 303 g/mol. The average Bonchev–Trinajstić information content (AvgIpc) is 3.14. The molecule has 1 aliphatic rings. The van der Waals surface area contributed by atoms with Crippen LogP contribution in [0.2, 0.25) is 0 Å². The van der Waals surface area contributed by atoms with Gasteiger partial charge < -0.3 is 9.47 Å². The molecule has 5 nitrogen and oxygen atoms in total. The lowest BCUT2D eigenvalue weighted by Gasteiger charge is -2.16. The molecule has 1 amide bonds. The number of amides is 1. The van der Waals surface area contributed by atoms with Crippen LogP contribution in [0, 0.1) is 11.3 Å². The summed E-state index contributed by atoms with van der Waals surface area (Å²) in [7, 11) is 0. The third-order valence-corrected chi connectivity index (χ3v) is 4.07. The maximum Gasteiger partial charge on any atom is 0.242 e. The fourth-order valence-electron chi connectivity index (χ4n) is 2.72. The normalized spacial score (nSPS) is 14.6. The summed E-state index contributed by atoms with van der Waals surface area (Å²) in [6, 6.07) is 7.39. The van der Waals surface area contributed by atoms with Crippen molar-refractivity contribution < 1.29 is 4.79 Å². The van der Waals surface area contributed by atoms with Crippen LogP contribution < -0.4 is 0 Å². The first-order valence-corrected chi connectivity index (χ1v) is 7.49. The van der Waals surface area contributed by atoms with Gasteiger partial charge in [-0.1, -0.05) is 0 Å². The highest BCUT2D eigenvalue weighted by Crippen LogP contribution is 2.20. The van der Waals surface area contributed by atoms with Crippen LogP contribution in [-0.2, 0) is 17.2 Å². The van der Waals surface area contributed by atoms with Gasteiger partial charge in [-0.15, -0.1) is 11.6 Å². The number of benzene rings is 1. The van der Waals surface area contributed by atoms with Gasteiger partial charge in [-0.2, -0.15) is 5.26 Å². The lowest BCUT2D eigenvalue weighted by Crippen LogP contribution is -2.31. The summed E-state index contributed by atoms with van der Waals surface area (Å²) in [5.74, 6) is 0.985. The maximum absolute atomic E-state index is 12.3. The Balaban J connectivity index is 1.98. The molecule has 1 aromatic carbocycles. The Morgan fingerprint density at radius 2 is 2.14 bits per heavy atom. The number of likely N-dealkylation sites (tertiary alicyclic amines) is 1. The zero-order valence-corrected chi connectivity index (χ0v) is 12.3. The summed E-state index contributed by atoms with van der Waals surface area (Å²) in [5, 5.41) is 9.03. The van der Waals surface area contributed by atoms with Crippen molar-refractivity contribution in [3.63, 3.8) is 0 Å². The monoisotopic (exact) mass is 302 g/mol. The van der Waals surface area contributed by atoms with Gasteiger partial charge in [-0.05, 0) is 31.0 Å². The van der Waals surface area contributed by atoms with E-state index < -0.39 is 0 Å². The Morgan fingerprint density at radius 1 is 1.38 bits per heavy atom. The zero-order chi connectivity index (χ0) is 14.8. The van der Waals surface area contributed by atoms with Gasteiger partial charge in [0, 0.05) is 13.1 Å². The number of nitrogens with zero attached hydrogens (tertiary/aromatic N) is 4. The van der Waals surface area contributed by atoms with Gasteiger partial charge in [0.1, 0.15) is 12.4 Å². The molecular formula is C15H15ClN4O. The third-order valence-electron chi connectivity index (χ3n) is 3.83. The minimum atomic E-state index is 0.0838. The smallest absolute Gasteiger partial charge is 0.242 e. The molecule has 108 valence electrons. The largest absolute Gasteiger partial charge is 0.341 e. The first kappa shape index (κ1) is 13.9. The van der Waals surface area contributed by atoms with E-state index >= 15 is 0 Å². The van der Waals surface area contributed by atoms with Gasteiger partial charge in [0.05, 0.1) is 28.5 Å². The molecule has 0 spiro atoms. The van der Waals surface area contributed by atoms with Gasteiger partial charge in [0.2, 0.25) is 5.91 Å². The number of nitriles is 1. The van der Waals surface area contributed by atoms with E-state index in [1.165, 1.54) is 0 Å².